The monoisotopic (exact) mass is 376 g/mol. The van der Waals surface area contributed by atoms with Crippen molar-refractivity contribution in [3.63, 3.8) is 0 Å². The van der Waals surface area contributed by atoms with Gasteiger partial charge in [-0.25, -0.2) is 4.98 Å². The fraction of sp³-hybridized carbons (Fsp3) is 0.438. The van der Waals surface area contributed by atoms with E-state index in [0.29, 0.717) is 37.6 Å². The number of amides is 1. The van der Waals surface area contributed by atoms with Crippen molar-refractivity contribution in [1.29, 1.82) is 0 Å². The number of rotatable bonds is 6. The topological polar surface area (TPSA) is 134 Å². The second-order valence-electron chi connectivity index (χ2n) is 5.86. The van der Waals surface area contributed by atoms with Crippen LogP contribution in [0.2, 0.25) is 0 Å². The molecule has 1 amide bonds. The molecule has 1 atom stereocenters. The Hall–Kier alpha value is -3.21. The van der Waals surface area contributed by atoms with Crippen LogP contribution in [0.15, 0.2) is 18.5 Å². The van der Waals surface area contributed by atoms with E-state index in [0.717, 1.165) is 0 Å². The highest BCUT2D eigenvalue weighted by molar-refractivity contribution is 5.90. The highest BCUT2D eigenvalue weighted by Gasteiger charge is 2.34. The van der Waals surface area contributed by atoms with Crippen molar-refractivity contribution < 1.29 is 24.2 Å². The van der Waals surface area contributed by atoms with Crippen LogP contribution in [-0.2, 0) is 4.79 Å². The molecule has 27 heavy (non-hydrogen) atoms. The molecule has 1 fully saturated rings. The Balaban J connectivity index is 1.76. The molecule has 0 saturated carbocycles. The number of hydrogen-bond donors (Lipinski definition) is 2. The molecule has 1 aliphatic rings. The summed E-state index contributed by atoms with van der Waals surface area (Å²) in [4.78, 5) is 35.7. The summed E-state index contributed by atoms with van der Waals surface area (Å²) >= 11 is 0. The lowest BCUT2D eigenvalue weighted by molar-refractivity contribution is -0.144. The minimum atomic E-state index is -1.02. The maximum absolute atomic E-state index is 12.3. The highest BCUT2D eigenvalue weighted by Crippen LogP contribution is 2.31. The Morgan fingerprint density at radius 1 is 1.19 bits per heavy atom. The maximum atomic E-state index is 12.3. The van der Waals surface area contributed by atoms with E-state index in [-0.39, 0.29) is 17.6 Å². The minimum absolute atomic E-state index is 0.166. The number of carbonyl (C=O) groups excluding carboxylic acids is 1. The van der Waals surface area contributed by atoms with Gasteiger partial charge in [-0.1, -0.05) is 0 Å². The number of H-pyrrole nitrogens is 1. The first-order valence-corrected chi connectivity index (χ1v) is 8.25. The number of carboxylic acid groups (broad SMARTS) is 1. The van der Waals surface area contributed by atoms with Gasteiger partial charge in [0, 0.05) is 37.8 Å². The maximum Gasteiger partial charge on any atom is 0.325 e. The molecule has 3 heterocycles. The number of aromatic nitrogens is 4. The highest BCUT2D eigenvalue weighted by atomic mass is 16.5. The van der Waals surface area contributed by atoms with Crippen molar-refractivity contribution in [1.82, 2.24) is 30.0 Å². The Labute approximate surface area is 154 Å². The average Bonchev–Trinajstić information content (AvgIpc) is 3.23. The molecule has 0 aromatic carbocycles. The molecule has 1 unspecified atom stereocenters. The molecule has 0 bridgehead atoms. The number of methoxy groups -OCH3 is 2. The SMILES string of the molecule is COc1ccc(C(C(=O)O)N2CCN(C(=O)c3ncn[nH]3)CC2)c(OC)n1. The zero-order chi connectivity index (χ0) is 19.4. The average molecular weight is 376 g/mol. The number of nitrogens with zero attached hydrogens (tertiary/aromatic N) is 5. The van der Waals surface area contributed by atoms with Gasteiger partial charge in [0.1, 0.15) is 12.4 Å². The molecule has 2 aromatic rings. The fourth-order valence-corrected chi connectivity index (χ4v) is 3.05. The predicted octanol–water partition coefficient (Wildman–Crippen LogP) is -0.199. The van der Waals surface area contributed by atoms with E-state index in [9.17, 15) is 14.7 Å². The molecular formula is C16H20N6O5. The molecular weight excluding hydrogens is 356 g/mol. The van der Waals surface area contributed by atoms with Gasteiger partial charge in [0.15, 0.2) is 0 Å². The van der Waals surface area contributed by atoms with Crippen molar-refractivity contribution >= 4 is 11.9 Å². The normalized spacial score (nSPS) is 16.0. The summed E-state index contributed by atoms with van der Waals surface area (Å²) in [6.07, 6.45) is 1.27. The second kappa shape index (κ2) is 7.99. The molecule has 144 valence electrons. The number of aliphatic carboxylic acids is 1. The summed E-state index contributed by atoms with van der Waals surface area (Å²) in [6, 6.07) is 2.29. The largest absolute Gasteiger partial charge is 0.481 e. The van der Waals surface area contributed by atoms with Crippen LogP contribution in [0.25, 0.3) is 0 Å². The zero-order valence-corrected chi connectivity index (χ0v) is 15.0. The number of nitrogens with one attached hydrogen (secondary N) is 1. The molecule has 0 aliphatic carbocycles. The standard InChI is InChI=1S/C16H20N6O5/c1-26-11-4-3-10(14(19-11)27-2)12(16(24)25)21-5-7-22(8-6-21)15(23)13-17-9-18-20-13/h3-4,9,12H,5-8H2,1-2H3,(H,24,25)(H,17,18,20). The summed E-state index contributed by atoms with van der Waals surface area (Å²) in [6.45, 7) is 1.50. The van der Waals surface area contributed by atoms with Crippen LogP contribution in [-0.4, -0.2) is 87.3 Å². The number of piperazine rings is 1. The van der Waals surface area contributed by atoms with E-state index in [1.54, 1.807) is 21.9 Å². The van der Waals surface area contributed by atoms with Crippen LogP contribution in [0.4, 0.5) is 0 Å². The van der Waals surface area contributed by atoms with Crippen LogP contribution in [0.1, 0.15) is 22.2 Å². The molecule has 2 N–H and O–H groups in total. The number of aromatic amines is 1. The number of carboxylic acids is 1. The van der Waals surface area contributed by atoms with Crippen molar-refractivity contribution in [2.24, 2.45) is 0 Å². The van der Waals surface area contributed by atoms with Crippen LogP contribution in [0, 0.1) is 0 Å². The molecule has 3 rings (SSSR count). The van der Waals surface area contributed by atoms with E-state index >= 15 is 0 Å². The smallest absolute Gasteiger partial charge is 0.325 e. The molecule has 0 spiro atoms. The summed E-state index contributed by atoms with van der Waals surface area (Å²) in [7, 11) is 2.90. The van der Waals surface area contributed by atoms with Crippen molar-refractivity contribution in [2.75, 3.05) is 40.4 Å². The number of hydrogen-bond acceptors (Lipinski definition) is 8. The number of ether oxygens (including phenoxy) is 2. The van der Waals surface area contributed by atoms with Gasteiger partial charge in [-0.15, -0.1) is 0 Å². The van der Waals surface area contributed by atoms with E-state index in [1.807, 2.05) is 0 Å². The third-order valence-electron chi connectivity index (χ3n) is 4.38. The Morgan fingerprint density at radius 3 is 2.48 bits per heavy atom. The molecule has 1 aliphatic heterocycles. The third kappa shape index (κ3) is 3.82. The molecule has 11 heteroatoms. The third-order valence-corrected chi connectivity index (χ3v) is 4.38. The first-order chi connectivity index (χ1) is 13.0. The lowest BCUT2D eigenvalue weighted by atomic mass is 10.1. The zero-order valence-electron chi connectivity index (χ0n) is 15.0. The summed E-state index contributed by atoms with van der Waals surface area (Å²) < 4.78 is 10.3. The molecule has 2 aromatic heterocycles. The van der Waals surface area contributed by atoms with Crippen molar-refractivity contribution in [2.45, 2.75) is 6.04 Å². The van der Waals surface area contributed by atoms with Gasteiger partial charge in [0.05, 0.1) is 14.2 Å². The van der Waals surface area contributed by atoms with Gasteiger partial charge in [0.2, 0.25) is 17.6 Å². The quantitative estimate of drug-likeness (QED) is 0.703. The van der Waals surface area contributed by atoms with Crippen molar-refractivity contribution in [3.8, 4) is 11.8 Å². The van der Waals surface area contributed by atoms with Gasteiger partial charge in [-0.3, -0.25) is 19.6 Å². The van der Waals surface area contributed by atoms with E-state index in [4.69, 9.17) is 9.47 Å². The van der Waals surface area contributed by atoms with E-state index < -0.39 is 12.0 Å². The van der Waals surface area contributed by atoms with Crippen LogP contribution >= 0.6 is 0 Å². The van der Waals surface area contributed by atoms with Gasteiger partial charge in [-0.2, -0.15) is 10.1 Å². The summed E-state index contributed by atoms with van der Waals surface area (Å²) in [5.41, 5.74) is 0.431. The van der Waals surface area contributed by atoms with Crippen LogP contribution < -0.4 is 9.47 Å². The number of pyridine rings is 1. The van der Waals surface area contributed by atoms with Gasteiger partial charge < -0.3 is 19.5 Å². The number of carbonyl (C=O) groups is 2. The lowest BCUT2D eigenvalue weighted by Gasteiger charge is -2.37. The predicted molar refractivity (Wildman–Crippen MR) is 91.6 cm³/mol. The molecule has 11 nitrogen and oxygen atoms in total. The van der Waals surface area contributed by atoms with Gasteiger partial charge in [0.25, 0.3) is 5.91 Å². The van der Waals surface area contributed by atoms with Crippen LogP contribution in [0.3, 0.4) is 0 Å². The summed E-state index contributed by atoms with van der Waals surface area (Å²) in [5, 5.41) is 16.0. The Morgan fingerprint density at radius 2 is 1.93 bits per heavy atom. The van der Waals surface area contributed by atoms with Gasteiger partial charge >= 0.3 is 5.97 Å². The van der Waals surface area contributed by atoms with E-state index in [1.165, 1.54) is 20.5 Å². The molecule has 1 saturated heterocycles. The first-order valence-electron chi connectivity index (χ1n) is 8.25. The minimum Gasteiger partial charge on any atom is -0.481 e. The Kier molecular flexibility index (Phi) is 5.50. The fourth-order valence-electron chi connectivity index (χ4n) is 3.05. The lowest BCUT2D eigenvalue weighted by Crippen LogP contribution is -2.51. The van der Waals surface area contributed by atoms with Gasteiger partial charge in [-0.05, 0) is 6.07 Å². The van der Waals surface area contributed by atoms with Crippen LogP contribution in [0.5, 0.6) is 11.8 Å². The second-order valence-corrected chi connectivity index (χ2v) is 5.86. The van der Waals surface area contributed by atoms with E-state index in [2.05, 4.69) is 20.2 Å². The first kappa shape index (κ1) is 18.6. The van der Waals surface area contributed by atoms with Crippen molar-refractivity contribution in [3.05, 3.63) is 29.8 Å². The molecule has 0 radical (unpaired) electrons. The summed E-state index contributed by atoms with van der Waals surface area (Å²) in [5.74, 6) is -0.582. The Bertz CT molecular complexity index is 804.